The van der Waals surface area contributed by atoms with Crippen molar-refractivity contribution in [2.24, 2.45) is 0 Å². The first-order chi connectivity index (χ1) is 68.6. The molecule has 0 saturated heterocycles. The summed E-state index contributed by atoms with van der Waals surface area (Å²) in [6.07, 6.45) is 0. The van der Waals surface area contributed by atoms with Gasteiger partial charge in [0.2, 0.25) is 20.1 Å². The van der Waals surface area contributed by atoms with Gasteiger partial charge in [0.25, 0.3) is 0 Å². The van der Waals surface area contributed by atoms with E-state index < -0.39 is 0 Å². The van der Waals surface area contributed by atoms with Crippen molar-refractivity contribution in [3.63, 3.8) is 0 Å². The van der Waals surface area contributed by atoms with Crippen LogP contribution in [0.4, 0.5) is 85.3 Å². The zero-order chi connectivity index (χ0) is 97.4. The Hall–Kier alpha value is -15.6. The fraction of sp³-hybridized carbons (Fsp3) is 0.149. The van der Waals surface area contributed by atoms with Gasteiger partial charge in [0.15, 0.2) is 0 Å². The topological polar surface area (TPSA) is 16.2 Å². The maximum Gasteiger partial charge on any atom is 0.248 e. The van der Waals surface area contributed by atoms with Gasteiger partial charge in [-0.05, 0) is 300 Å². The lowest BCUT2D eigenvalue weighted by Crippen LogP contribution is -2.54. The Balaban J connectivity index is 0.000000121. The van der Waals surface area contributed by atoms with Crippen LogP contribution in [0.5, 0.6) is 0 Å². The fourth-order valence-electron chi connectivity index (χ4n) is 22.8. The van der Waals surface area contributed by atoms with Gasteiger partial charge < -0.3 is 24.5 Å². The Morgan fingerprint density at radius 2 is 0.451 bits per heavy atom. The Kier molecular flexibility index (Phi) is 22.4. The maximum absolute atomic E-state index is 2.53. The van der Waals surface area contributed by atoms with E-state index in [4.69, 9.17) is 0 Å². The molecule has 0 unspecified atom stereocenters. The standard InChI is InChI=1S/C56H49BN2.C42H44BN.C36H25BN2/c1-55(2,3)42-28-23-38(24-29-42)40-15-13-20-46(35-40)59-52-22-14-21-48-49-37-47(58(44-16-9-7-10-17-44)45-18-11-8-12-19-45)32-34-50(49)57(54(48)52)51-33-27-41(36-53(51)59)39-25-30-43(31-26-39)56(4,5)6;1-40(2,3)29-18-15-27(16-19-29)28-17-21-36-37(23-28)44(32-13-11-10-12-14-32)38-26-31(42(7,8)9)25-34-33-24-30(41(4,5)6)20-22-35(33)43(36)39(34)38;1-4-13-26(14-5-1)38(27-15-6-2-7-16-27)29-23-24-32-31(25-29)30-19-12-22-35-36(30)37(32)33-20-10-11-21-34(33)39(35)28-17-8-3-9-18-28/h7-37H,1-6H3;10-26H,1-9H3;1-25H. The van der Waals surface area contributed by atoms with Crippen LogP contribution in [0.15, 0.2) is 443 Å². The molecule has 0 N–H and O–H groups in total. The normalized spacial score (nSPS) is 13.1. The maximum atomic E-state index is 2.53. The van der Waals surface area contributed by atoms with Crippen LogP contribution < -0.4 is 73.7 Å². The van der Waals surface area contributed by atoms with Crippen molar-refractivity contribution >= 4 is 155 Å². The van der Waals surface area contributed by atoms with Crippen molar-refractivity contribution in [3.05, 3.63) is 471 Å². The average molecular weight is 1830 g/mol. The summed E-state index contributed by atoms with van der Waals surface area (Å²) in [5, 5.41) is 0. The van der Waals surface area contributed by atoms with E-state index in [0.717, 1.165) is 39.8 Å². The molecule has 142 heavy (non-hydrogen) atoms. The van der Waals surface area contributed by atoms with Crippen LogP contribution in [-0.4, -0.2) is 20.1 Å². The summed E-state index contributed by atoms with van der Waals surface area (Å²) in [7, 11) is 0. The van der Waals surface area contributed by atoms with Crippen LogP contribution in [0.1, 0.15) is 132 Å². The largest absolute Gasteiger partial charge is 0.312 e. The highest BCUT2D eigenvalue weighted by atomic mass is 15.2. The molecule has 0 spiro atoms. The molecule has 19 aromatic rings. The van der Waals surface area contributed by atoms with Crippen LogP contribution in [0.25, 0.3) is 66.8 Å². The van der Waals surface area contributed by atoms with Crippen LogP contribution >= 0.6 is 0 Å². The number of fused-ring (bicyclic) bond motifs is 15. The lowest BCUT2D eigenvalue weighted by atomic mass is 9.37. The number of anilines is 15. The summed E-state index contributed by atoms with van der Waals surface area (Å²) in [6.45, 7) is 35.0. The van der Waals surface area contributed by atoms with E-state index in [9.17, 15) is 0 Å². The first-order valence-corrected chi connectivity index (χ1v) is 50.6. The molecule has 688 valence electrons. The second-order valence-corrected chi connectivity index (χ2v) is 44.4. The third kappa shape index (κ3) is 16.2. The molecule has 19 aromatic carbocycles. The van der Waals surface area contributed by atoms with Gasteiger partial charge in [0, 0.05) is 85.3 Å². The van der Waals surface area contributed by atoms with Crippen LogP contribution in [0.3, 0.4) is 0 Å². The zero-order valence-electron chi connectivity index (χ0n) is 84.1. The molecule has 0 radical (unpaired) electrons. The minimum Gasteiger partial charge on any atom is -0.312 e. The summed E-state index contributed by atoms with van der Waals surface area (Å²) in [5.74, 6) is 0. The quantitative estimate of drug-likeness (QED) is 0.113. The second-order valence-electron chi connectivity index (χ2n) is 44.4. The highest BCUT2D eigenvalue weighted by molar-refractivity contribution is 7.03. The Morgan fingerprint density at radius 3 is 0.852 bits per heavy atom. The van der Waals surface area contributed by atoms with E-state index in [-0.39, 0.29) is 47.2 Å². The average Bonchev–Trinajstić information content (AvgIpc) is 1.39. The summed E-state index contributed by atoms with van der Waals surface area (Å²) in [5.41, 5.74) is 53.1. The zero-order valence-corrected chi connectivity index (χ0v) is 84.1. The van der Waals surface area contributed by atoms with Gasteiger partial charge in [-0.3, -0.25) is 0 Å². The highest BCUT2D eigenvalue weighted by Crippen LogP contribution is 2.51. The minimum absolute atomic E-state index is 0.0186. The molecule has 0 bridgehead atoms. The van der Waals surface area contributed by atoms with Crippen molar-refractivity contribution in [2.75, 3.05) is 24.5 Å². The molecule has 0 amide bonds. The minimum atomic E-state index is 0.0186. The molecule has 25 rings (SSSR count). The van der Waals surface area contributed by atoms with E-state index in [1.165, 1.54) is 189 Å². The molecular weight excluding hydrogens is 1710 g/mol. The number of para-hydroxylation sites is 7. The highest BCUT2D eigenvalue weighted by Gasteiger charge is 2.48. The van der Waals surface area contributed by atoms with E-state index in [0.29, 0.717) is 0 Å². The van der Waals surface area contributed by atoms with Crippen molar-refractivity contribution in [1.82, 2.24) is 0 Å². The SMILES string of the molecule is CC(C)(C)c1ccc(-c2ccc3c(c2)N(c2ccccc2)c2cc(C(C)(C)C)cc4c2B3c2ccc(C(C)(C)C)cc2-4)cc1.CC(C)(C)c1ccc(-c2cccc(N3c4cc(-c5ccc(C(C)(C)C)cc5)ccc4B4c5ccc(N(c6ccccc6)c6ccccc6)cc5-c5cccc3c54)c2)cc1.c1ccc(N(c2ccccc2)c2ccc3c(c2)-c2cccc4c2B3c2ccccc2N4c2ccccc2)cc1. The van der Waals surface area contributed by atoms with E-state index in [2.05, 4.69) is 571 Å². The van der Waals surface area contributed by atoms with E-state index in [1.807, 2.05) is 0 Å². The number of benzene rings is 19. The Bertz CT molecular complexity index is 7950. The van der Waals surface area contributed by atoms with Gasteiger partial charge >= 0.3 is 0 Å². The molecule has 5 nitrogen and oxygen atoms in total. The lowest BCUT2D eigenvalue weighted by molar-refractivity contribution is 0.589. The van der Waals surface area contributed by atoms with Gasteiger partial charge in [-0.15, -0.1) is 0 Å². The predicted molar refractivity (Wildman–Crippen MR) is 613 cm³/mol. The molecule has 0 atom stereocenters. The first kappa shape index (κ1) is 90.2. The molecule has 6 aliphatic rings. The van der Waals surface area contributed by atoms with Crippen molar-refractivity contribution in [3.8, 4) is 66.8 Å². The summed E-state index contributed by atoms with van der Waals surface area (Å²) >= 11 is 0. The molecule has 0 aliphatic carbocycles. The summed E-state index contributed by atoms with van der Waals surface area (Å²) in [6, 6.07) is 164. The Morgan fingerprint density at radius 1 is 0.162 bits per heavy atom. The molecule has 0 aromatic heterocycles. The molecule has 6 heterocycles. The number of hydrogen-bond acceptors (Lipinski definition) is 5. The number of rotatable bonds is 12. The summed E-state index contributed by atoms with van der Waals surface area (Å²) in [4.78, 5) is 12.2. The van der Waals surface area contributed by atoms with Gasteiger partial charge in [-0.1, -0.05) is 417 Å². The Labute approximate surface area is 841 Å². The van der Waals surface area contributed by atoms with Crippen LogP contribution in [0.2, 0.25) is 0 Å². The number of hydrogen-bond donors (Lipinski definition) is 0. The smallest absolute Gasteiger partial charge is 0.248 e. The molecular formula is C134H118B3N5. The second kappa shape index (κ2) is 35.3. The molecule has 0 saturated carbocycles. The van der Waals surface area contributed by atoms with Crippen molar-refractivity contribution in [2.45, 2.75) is 131 Å². The lowest BCUT2D eigenvalue weighted by Gasteiger charge is -2.37. The molecule has 0 fully saturated rings. The molecule has 8 heteroatoms. The van der Waals surface area contributed by atoms with E-state index >= 15 is 0 Å². The molecule has 6 aliphatic heterocycles. The third-order valence-electron chi connectivity index (χ3n) is 30.2. The third-order valence-corrected chi connectivity index (χ3v) is 30.2. The van der Waals surface area contributed by atoms with Crippen molar-refractivity contribution < 1.29 is 0 Å². The van der Waals surface area contributed by atoms with Gasteiger partial charge in [-0.25, -0.2) is 0 Å². The number of nitrogens with zero attached hydrogens (tertiary/aromatic N) is 5. The van der Waals surface area contributed by atoms with Crippen LogP contribution in [0, 0.1) is 0 Å². The summed E-state index contributed by atoms with van der Waals surface area (Å²) < 4.78 is 0. The van der Waals surface area contributed by atoms with Crippen LogP contribution in [-0.2, 0) is 27.1 Å². The monoisotopic (exact) mass is 1830 g/mol. The van der Waals surface area contributed by atoms with E-state index in [1.54, 1.807) is 0 Å². The first-order valence-electron chi connectivity index (χ1n) is 50.6. The predicted octanol–water partition coefficient (Wildman–Crippen LogP) is 30.3. The van der Waals surface area contributed by atoms with Gasteiger partial charge in [0.1, 0.15) is 0 Å². The van der Waals surface area contributed by atoms with Gasteiger partial charge in [0.05, 0.1) is 0 Å². The van der Waals surface area contributed by atoms with Crippen molar-refractivity contribution in [1.29, 1.82) is 0 Å². The van der Waals surface area contributed by atoms with Gasteiger partial charge in [-0.2, -0.15) is 0 Å². The fourth-order valence-corrected chi connectivity index (χ4v) is 22.8.